The maximum atomic E-state index is 11.0. The van der Waals surface area contributed by atoms with Crippen LogP contribution in [0.3, 0.4) is 0 Å². The molecule has 0 atom stereocenters. The number of thioether (sulfide) groups is 1. The second-order valence-corrected chi connectivity index (χ2v) is 3.08. The minimum atomic E-state index is -0.475. The van der Waals surface area contributed by atoms with Crippen LogP contribution in [-0.2, 0) is 0 Å². The lowest BCUT2D eigenvalue weighted by atomic mass is 10.6. The van der Waals surface area contributed by atoms with E-state index in [0.29, 0.717) is 10.8 Å². The van der Waals surface area contributed by atoms with Gasteiger partial charge in [-0.05, 0) is 6.07 Å². The van der Waals surface area contributed by atoms with Crippen molar-refractivity contribution in [1.82, 2.24) is 9.55 Å². The van der Waals surface area contributed by atoms with Crippen LogP contribution in [0, 0.1) is 0 Å². The fourth-order valence-electron chi connectivity index (χ4n) is 0.934. The largest absolute Gasteiger partial charge is 0.355 e. The van der Waals surface area contributed by atoms with Crippen molar-refractivity contribution in [3.63, 3.8) is 0 Å². The third kappa shape index (κ3) is 0.883. The highest BCUT2D eigenvalue weighted by Crippen LogP contribution is 2.21. The van der Waals surface area contributed by atoms with Gasteiger partial charge in [-0.15, -0.1) is 0 Å². The van der Waals surface area contributed by atoms with E-state index in [1.54, 1.807) is 6.07 Å². The van der Waals surface area contributed by atoms with Gasteiger partial charge in [0.1, 0.15) is 0 Å². The van der Waals surface area contributed by atoms with E-state index in [0.717, 1.165) is 4.57 Å². The predicted molar refractivity (Wildman–Crippen MR) is 39.8 cm³/mol. The summed E-state index contributed by atoms with van der Waals surface area (Å²) in [4.78, 5) is 25.4. The van der Waals surface area contributed by atoms with Crippen LogP contribution >= 0.6 is 11.8 Å². The van der Waals surface area contributed by atoms with Gasteiger partial charge in [0.15, 0.2) is 0 Å². The Bertz CT molecular complexity index is 371. The first-order valence-electron chi connectivity index (χ1n) is 3.03. The number of hydrogen-bond donors (Lipinski definition) is 0. The standard InChI is InChI=1S/C6H4N2O2S/c9-4-3-11-5-1-2-7-6(10)8(4)5/h1-2H,3H2. The number of carbonyl (C=O) groups is 1. The Hall–Kier alpha value is -1.10. The van der Waals surface area contributed by atoms with Gasteiger partial charge >= 0.3 is 5.69 Å². The van der Waals surface area contributed by atoms with Crippen molar-refractivity contribution in [3.05, 3.63) is 22.7 Å². The Morgan fingerprint density at radius 2 is 2.36 bits per heavy atom. The molecule has 5 heteroatoms. The first-order chi connectivity index (χ1) is 5.29. The first-order valence-corrected chi connectivity index (χ1v) is 4.01. The van der Waals surface area contributed by atoms with Gasteiger partial charge in [0.2, 0.25) is 5.91 Å². The summed E-state index contributed by atoms with van der Waals surface area (Å²) < 4.78 is 1.10. The molecule has 2 rings (SSSR count). The summed E-state index contributed by atoms with van der Waals surface area (Å²) in [5.74, 6) is 0.170. The van der Waals surface area contributed by atoms with Gasteiger partial charge < -0.3 is 0 Å². The molecular formula is C6H4N2O2S. The van der Waals surface area contributed by atoms with Crippen molar-refractivity contribution >= 4 is 17.7 Å². The topological polar surface area (TPSA) is 52.0 Å². The third-order valence-electron chi connectivity index (χ3n) is 1.41. The summed E-state index contributed by atoms with van der Waals surface area (Å²) in [6.07, 6.45) is 1.42. The molecule has 0 saturated heterocycles. The van der Waals surface area contributed by atoms with E-state index in [1.807, 2.05) is 0 Å². The molecule has 0 aliphatic carbocycles. The lowest BCUT2D eigenvalue weighted by Crippen LogP contribution is -2.26. The lowest BCUT2D eigenvalue weighted by Gasteiger charge is -1.94. The lowest BCUT2D eigenvalue weighted by molar-refractivity contribution is 0.0933. The SMILES string of the molecule is O=C1CSc2ccnc(=O)n21. The van der Waals surface area contributed by atoms with Crippen molar-refractivity contribution in [2.24, 2.45) is 0 Å². The summed E-state index contributed by atoms with van der Waals surface area (Å²) in [6.45, 7) is 0. The molecule has 56 valence electrons. The molecule has 0 fully saturated rings. The average Bonchev–Trinajstić information content (AvgIpc) is 2.34. The molecular weight excluding hydrogens is 164 g/mol. The number of aromatic nitrogens is 2. The van der Waals surface area contributed by atoms with E-state index in [2.05, 4.69) is 4.98 Å². The molecule has 2 heterocycles. The quantitative estimate of drug-likeness (QED) is 0.511. The van der Waals surface area contributed by atoms with Gasteiger partial charge in [-0.3, -0.25) is 4.79 Å². The predicted octanol–water partition coefficient (Wildman–Crippen LogP) is -0.0108. The Labute approximate surface area is 66.3 Å². The van der Waals surface area contributed by atoms with Crippen LogP contribution in [0.2, 0.25) is 0 Å². The van der Waals surface area contributed by atoms with Gasteiger partial charge in [0.05, 0.1) is 10.8 Å². The third-order valence-corrected chi connectivity index (χ3v) is 2.41. The normalized spacial score (nSPS) is 15.1. The van der Waals surface area contributed by atoms with Gasteiger partial charge in [0, 0.05) is 6.20 Å². The molecule has 11 heavy (non-hydrogen) atoms. The highest BCUT2D eigenvalue weighted by molar-refractivity contribution is 8.00. The zero-order valence-corrected chi connectivity index (χ0v) is 6.30. The van der Waals surface area contributed by atoms with Crippen molar-refractivity contribution in [1.29, 1.82) is 0 Å². The molecule has 4 nitrogen and oxygen atoms in total. The summed E-state index contributed by atoms with van der Waals surface area (Å²) in [5, 5.41) is 0.690. The smallest absolute Gasteiger partial charge is 0.273 e. The number of carbonyl (C=O) groups excluding carboxylic acids is 1. The molecule has 0 spiro atoms. The minimum Gasteiger partial charge on any atom is -0.273 e. The van der Waals surface area contributed by atoms with Crippen LogP contribution in [0.25, 0.3) is 0 Å². The van der Waals surface area contributed by atoms with Crippen LogP contribution in [0.1, 0.15) is 4.79 Å². The molecule has 1 aromatic heterocycles. The maximum Gasteiger partial charge on any atom is 0.355 e. The van der Waals surface area contributed by atoms with Crippen LogP contribution in [0.5, 0.6) is 0 Å². The Kier molecular flexibility index (Phi) is 1.32. The van der Waals surface area contributed by atoms with E-state index >= 15 is 0 Å². The second-order valence-electron chi connectivity index (χ2n) is 2.08. The van der Waals surface area contributed by atoms with E-state index in [1.165, 1.54) is 18.0 Å². The molecule has 0 N–H and O–H groups in total. The molecule has 1 aliphatic heterocycles. The number of nitrogens with zero attached hydrogens (tertiary/aromatic N) is 2. The van der Waals surface area contributed by atoms with Gasteiger partial charge in [-0.1, -0.05) is 11.8 Å². The van der Waals surface area contributed by atoms with Gasteiger partial charge in [-0.25, -0.2) is 14.3 Å². The van der Waals surface area contributed by atoms with E-state index < -0.39 is 5.69 Å². The Morgan fingerprint density at radius 3 is 3.09 bits per heavy atom. The van der Waals surface area contributed by atoms with Crippen LogP contribution in [0.15, 0.2) is 22.1 Å². The number of rotatable bonds is 0. The maximum absolute atomic E-state index is 11.0. The molecule has 0 unspecified atom stereocenters. The molecule has 0 bridgehead atoms. The zero-order chi connectivity index (χ0) is 7.84. The van der Waals surface area contributed by atoms with Crippen molar-refractivity contribution in [3.8, 4) is 0 Å². The zero-order valence-electron chi connectivity index (χ0n) is 5.48. The molecule has 0 radical (unpaired) electrons. The van der Waals surface area contributed by atoms with Crippen LogP contribution < -0.4 is 5.69 Å². The summed E-state index contributed by atoms with van der Waals surface area (Å²) in [6, 6.07) is 1.66. The molecule has 0 aromatic carbocycles. The van der Waals surface area contributed by atoms with Crippen LogP contribution in [0.4, 0.5) is 0 Å². The van der Waals surface area contributed by atoms with E-state index in [4.69, 9.17) is 0 Å². The molecule has 1 aromatic rings. The monoisotopic (exact) mass is 168 g/mol. The Balaban J connectivity index is 2.78. The number of hydrogen-bond acceptors (Lipinski definition) is 4. The first kappa shape index (κ1) is 6.60. The van der Waals surface area contributed by atoms with Crippen molar-refractivity contribution < 1.29 is 4.79 Å². The highest BCUT2D eigenvalue weighted by Gasteiger charge is 2.20. The second kappa shape index (κ2) is 2.20. The molecule has 1 aliphatic rings. The highest BCUT2D eigenvalue weighted by atomic mass is 32.2. The number of fused-ring (bicyclic) bond motifs is 1. The Morgan fingerprint density at radius 1 is 1.55 bits per heavy atom. The van der Waals surface area contributed by atoms with E-state index in [9.17, 15) is 9.59 Å². The molecule has 0 amide bonds. The van der Waals surface area contributed by atoms with Crippen LogP contribution in [-0.4, -0.2) is 21.2 Å². The average molecular weight is 168 g/mol. The summed E-state index contributed by atoms with van der Waals surface area (Å²) >= 11 is 1.36. The van der Waals surface area contributed by atoms with Gasteiger partial charge in [-0.2, -0.15) is 0 Å². The van der Waals surface area contributed by atoms with Crippen molar-refractivity contribution in [2.45, 2.75) is 5.03 Å². The van der Waals surface area contributed by atoms with Crippen molar-refractivity contribution in [2.75, 3.05) is 5.75 Å². The van der Waals surface area contributed by atoms with Gasteiger partial charge in [0.25, 0.3) is 0 Å². The molecule has 0 saturated carbocycles. The fraction of sp³-hybridized carbons (Fsp3) is 0.167. The summed E-state index contributed by atoms with van der Waals surface area (Å²) in [5.41, 5.74) is -0.475. The minimum absolute atomic E-state index is 0.178. The summed E-state index contributed by atoms with van der Waals surface area (Å²) in [7, 11) is 0. The van der Waals surface area contributed by atoms with E-state index in [-0.39, 0.29) is 5.91 Å². The fourth-order valence-corrected chi connectivity index (χ4v) is 1.80.